The van der Waals surface area contributed by atoms with Crippen LogP contribution in [-0.4, -0.2) is 45.2 Å². The molecule has 7 heteroatoms. The third-order valence-corrected chi connectivity index (χ3v) is 3.26. The van der Waals surface area contributed by atoms with E-state index in [4.69, 9.17) is 5.11 Å². The van der Waals surface area contributed by atoms with Crippen molar-refractivity contribution >= 4 is 11.9 Å². The summed E-state index contributed by atoms with van der Waals surface area (Å²) in [6, 6.07) is 2.65. The number of amides is 1. The highest BCUT2D eigenvalue weighted by atomic mass is 16.4. The van der Waals surface area contributed by atoms with Crippen LogP contribution in [0.25, 0.3) is 0 Å². The van der Waals surface area contributed by atoms with E-state index in [0.29, 0.717) is 25.9 Å². The topological polar surface area (TPSA) is 103 Å². The summed E-state index contributed by atoms with van der Waals surface area (Å²) in [4.78, 5) is 35.2. The number of aromatic amines is 1. The molecule has 1 saturated heterocycles. The van der Waals surface area contributed by atoms with Gasteiger partial charge in [-0.05, 0) is 24.8 Å². The molecule has 0 aromatic carbocycles. The molecule has 1 aliphatic heterocycles. The van der Waals surface area contributed by atoms with Crippen LogP contribution in [0.15, 0.2) is 16.9 Å². The molecule has 0 unspecified atom stereocenters. The van der Waals surface area contributed by atoms with Crippen LogP contribution in [0.3, 0.4) is 0 Å². The molecule has 2 heterocycles. The van der Waals surface area contributed by atoms with Gasteiger partial charge in [-0.1, -0.05) is 0 Å². The molecule has 1 aromatic rings. The van der Waals surface area contributed by atoms with Crippen LogP contribution in [-0.2, 0) is 4.79 Å². The number of nitrogens with one attached hydrogen (secondary N) is 1. The monoisotopic (exact) mass is 265 g/mol. The summed E-state index contributed by atoms with van der Waals surface area (Å²) in [5.74, 6) is -0.901. The number of piperidine rings is 1. The molecule has 1 amide bonds. The van der Waals surface area contributed by atoms with E-state index in [1.165, 1.54) is 12.1 Å². The number of carbonyl (C=O) groups excluding carboxylic acids is 1. The maximum Gasteiger partial charge on any atom is 0.303 e. The number of carbonyl (C=O) groups is 2. The Morgan fingerprint density at radius 1 is 1.37 bits per heavy atom. The Hall–Kier alpha value is -2.18. The van der Waals surface area contributed by atoms with Gasteiger partial charge in [-0.15, -0.1) is 0 Å². The minimum absolute atomic E-state index is 0.130. The molecule has 1 fully saturated rings. The second-order valence-corrected chi connectivity index (χ2v) is 4.64. The first-order valence-corrected chi connectivity index (χ1v) is 6.13. The van der Waals surface area contributed by atoms with Gasteiger partial charge in [0, 0.05) is 25.6 Å². The van der Waals surface area contributed by atoms with Gasteiger partial charge in [0.2, 0.25) is 0 Å². The number of rotatable bonds is 3. The second-order valence-electron chi connectivity index (χ2n) is 4.64. The van der Waals surface area contributed by atoms with Crippen molar-refractivity contribution in [2.24, 2.45) is 5.92 Å². The lowest BCUT2D eigenvalue weighted by atomic mass is 9.93. The first-order chi connectivity index (χ1) is 9.06. The molecular formula is C12H15N3O4. The minimum atomic E-state index is -0.799. The third-order valence-electron chi connectivity index (χ3n) is 3.26. The van der Waals surface area contributed by atoms with Crippen LogP contribution >= 0.6 is 0 Å². The molecule has 2 rings (SSSR count). The molecule has 2 N–H and O–H groups in total. The van der Waals surface area contributed by atoms with Gasteiger partial charge < -0.3 is 10.0 Å². The van der Waals surface area contributed by atoms with Gasteiger partial charge in [0.05, 0.1) is 0 Å². The number of hydrogen-bond acceptors (Lipinski definition) is 4. The first-order valence-electron chi connectivity index (χ1n) is 6.13. The number of carboxylic acid groups (broad SMARTS) is 1. The Labute approximate surface area is 109 Å². The highest BCUT2D eigenvalue weighted by molar-refractivity contribution is 5.92. The molecule has 102 valence electrons. The van der Waals surface area contributed by atoms with Crippen LogP contribution in [0.4, 0.5) is 0 Å². The van der Waals surface area contributed by atoms with Crippen molar-refractivity contribution in [3.8, 4) is 0 Å². The quantitative estimate of drug-likeness (QED) is 0.806. The molecule has 1 aromatic heterocycles. The van der Waals surface area contributed by atoms with Crippen LogP contribution in [0.5, 0.6) is 0 Å². The third kappa shape index (κ3) is 3.40. The van der Waals surface area contributed by atoms with Crippen molar-refractivity contribution in [2.75, 3.05) is 13.1 Å². The Morgan fingerprint density at radius 2 is 2.05 bits per heavy atom. The van der Waals surface area contributed by atoms with Crippen LogP contribution in [0.2, 0.25) is 0 Å². The maximum atomic E-state index is 12.1. The van der Waals surface area contributed by atoms with E-state index in [9.17, 15) is 14.4 Å². The highest BCUT2D eigenvalue weighted by Crippen LogP contribution is 2.21. The molecule has 19 heavy (non-hydrogen) atoms. The van der Waals surface area contributed by atoms with E-state index in [-0.39, 0.29) is 29.5 Å². The van der Waals surface area contributed by atoms with E-state index in [1.807, 2.05) is 0 Å². The van der Waals surface area contributed by atoms with E-state index in [2.05, 4.69) is 10.2 Å². The first kappa shape index (κ1) is 13.3. The minimum Gasteiger partial charge on any atom is -0.481 e. The molecule has 0 aliphatic carbocycles. The summed E-state index contributed by atoms with van der Waals surface area (Å²) in [6.07, 6.45) is 1.52. The average Bonchev–Trinajstić information content (AvgIpc) is 2.39. The normalized spacial score (nSPS) is 16.3. The fraction of sp³-hybridized carbons (Fsp3) is 0.500. The molecule has 1 aliphatic rings. The van der Waals surface area contributed by atoms with Crippen molar-refractivity contribution in [2.45, 2.75) is 19.3 Å². The van der Waals surface area contributed by atoms with Gasteiger partial charge >= 0.3 is 5.97 Å². The summed E-state index contributed by atoms with van der Waals surface area (Å²) in [7, 11) is 0. The Balaban J connectivity index is 1.94. The van der Waals surface area contributed by atoms with Crippen molar-refractivity contribution < 1.29 is 14.7 Å². The summed E-state index contributed by atoms with van der Waals surface area (Å²) < 4.78 is 0. The number of H-pyrrole nitrogens is 1. The Kier molecular flexibility index (Phi) is 3.94. The van der Waals surface area contributed by atoms with Crippen molar-refractivity contribution in [3.05, 3.63) is 28.2 Å². The molecule has 0 atom stereocenters. The summed E-state index contributed by atoms with van der Waals surface area (Å²) in [6.45, 7) is 1.05. The lowest BCUT2D eigenvalue weighted by Crippen LogP contribution is -2.39. The van der Waals surface area contributed by atoms with Gasteiger partial charge in [0.1, 0.15) is 5.69 Å². The van der Waals surface area contributed by atoms with Crippen LogP contribution in [0.1, 0.15) is 29.8 Å². The van der Waals surface area contributed by atoms with Crippen LogP contribution in [0, 0.1) is 5.92 Å². The zero-order valence-electron chi connectivity index (χ0n) is 10.3. The number of aliphatic carboxylic acids is 1. The van der Waals surface area contributed by atoms with Gasteiger partial charge in [0.15, 0.2) is 0 Å². The van der Waals surface area contributed by atoms with E-state index < -0.39 is 5.97 Å². The van der Waals surface area contributed by atoms with Crippen molar-refractivity contribution in [1.29, 1.82) is 0 Å². The molecule has 0 saturated carbocycles. The number of aromatic nitrogens is 2. The molecular weight excluding hydrogens is 250 g/mol. The molecule has 0 bridgehead atoms. The van der Waals surface area contributed by atoms with Gasteiger partial charge in [-0.2, -0.15) is 5.10 Å². The van der Waals surface area contributed by atoms with Gasteiger partial charge in [0.25, 0.3) is 11.5 Å². The maximum absolute atomic E-state index is 12.1. The van der Waals surface area contributed by atoms with Crippen molar-refractivity contribution in [1.82, 2.24) is 15.1 Å². The Morgan fingerprint density at radius 3 is 2.58 bits per heavy atom. The van der Waals surface area contributed by atoms with E-state index >= 15 is 0 Å². The predicted octanol–water partition coefficient (Wildman–Crippen LogP) is 0.0968. The summed E-state index contributed by atoms with van der Waals surface area (Å²) in [5.41, 5.74) is -0.145. The lowest BCUT2D eigenvalue weighted by molar-refractivity contribution is -0.138. The van der Waals surface area contributed by atoms with Gasteiger partial charge in [-0.25, -0.2) is 5.10 Å². The fourth-order valence-electron chi connectivity index (χ4n) is 2.21. The summed E-state index contributed by atoms with van der Waals surface area (Å²) >= 11 is 0. The Bertz CT molecular complexity index is 512. The smallest absolute Gasteiger partial charge is 0.303 e. The molecule has 0 spiro atoms. The lowest BCUT2D eigenvalue weighted by Gasteiger charge is -2.31. The fourth-order valence-corrected chi connectivity index (χ4v) is 2.21. The number of likely N-dealkylation sites (tertiary alicyclic amines) is 1. The second kappa shape index (κ2) is 5.64. The standard InChI is InChI=1S/C12H15N3O4/c16-10-2-1-9(13-14-10)12(19)15-5-3-8(4-6-15)7-11(17)18/h1-2,8H,3-7H2,(H,14,16)(H,17,18). The van der Waals surface area contributed by atoms with Gasteiger partial charge in [-0.3, -0.25) is 14.4 Å². The van der Waals surface area contributed by atoms with E-state index in [0.717, 1.165) is 0 Å². The zero-order chi connectivity index (χ0) is 13.8. The SMILES string of the molecule is O=C(O)CC1CCN(C(=O)c2ccc(=O)[nH]n2)CC1. The van der Waals surface area contributed by atoms with E-state index in [1.54, 1.807) is 4.90 Å². The molecule has 7 nitrogen and oxygen atoms in total. The average molecular weight is 265 g/mol. The number of carboxylic acids is 1. The molecule has 0 radical (unpaired) electrons. The van der Waals surface area contributed by atoms with Crippen LogP contribution < -0.4 is 5.56 Å². The van der Waals surface area contributed by atoms with Crippen molar-refractivity contribution in [3.63, 3.8) is 0 Å². The number of hydrogen-bond donors (Lipinski definition) is 2. The predicted molar refractivity (Wildman–Crippen MR) is 65.7 cm³/mol. The largest absolute Gasteiger partial charge is 0.481 e. The summed E-state index contributed by atoms with van der Waals surface area (Å²) in [5, 5.41) is 14.6. The zero-order valence-corrected chi connectivity index (χ0v) is 10.3. The number of nitrogens with zero attached hydrogens (tertiary/aromatic N) is 2. The highest BCUT2D eigenvalue weighted by Gasteiger charge is 2.25.